The number of rotatable bonds is 5. The molecule has 2 atom stereocenters. The van der Waals surface area contributed by atoms with E-state index in [1.54, 1.807) is 31.5 Å². The van der Waals surface area contributed by atoms with Gasteiger partial charge < -0.3 is 10.1 Å². The summed E-state index contributed by atoms with van der Waals surface area (Å²) in [6.45, 7) is 1.56. The van der Waals surface area contributed by atoms with Crippen molar-refractivity contribution in [2.75, 3.05) is 6.61 Å². The summed E-state index contributed by atoms with van der Waals surface area (Å²) in [5.74, 6) is -0.589. The van der Waals surface area contributed by atoms with E-state index in [0.29, 0.717) is 0 Å². The lowest BCUT2D eigenvalue weighted by atomic mass is 10.1. The van der Waals surface area contributed by atoms with Crippen LogP contribution in [0.15, 0.2) is 24.5 Å². The number of aromatic nitrogens is 1. The number of nitrogens with one attached hydrogen (secondary N) is 1. The van der Waals surface area contributed by atoms with Crippen molar-refractivity contribution in [2.24, 2.45) is 0 Å². The largest absolute Gasteiger partial charge is 0.411 e. The Hall–Kier alpha value is -1.63. The van der Waals surface area contributed by atoms with Gasteiger partial charge in [0.2, 0.25) is 5.91 Å². The third-order valence-corrected chi connectivity index (χ3v) is 2.43. The maximum Gasteiger partial charge on any atom is 0.411 e. The maximum absolute atomic E-state index is 11.9. The molecule has 4 nitrogen and oxygen atoms in total. The summed E-state index contributed by atoms with van der Waals surface area (Å²) in [6.07, 6.45) is -2.46. The van der Waals surface area contributed by atoms with Crippen LogP contribution in [-0.2, 0) is 9.53 Å². The zero-order valence-corrected chi connectivity index (χ0v) is 10.6. The summed E-state index contributed by atoms with van der Waals surface area (Å²) < 4.78 is 40.3. The molecular weight excluding hydrogens is 261 g/mol. The first-order valence-electron chi connectivity index (χ1n) is 5.68. The molecular formula is C12H15F3N2O2. The Bertz CT molecular complexity index is 409. The highest BCUT2D eigenvalue weighted by Gasteiger charge is 2.30. The topological polar surface area (TPSA) is 51.2 Å². The Kier molecular flexibility index (Phi) is 5.29. The highest BCUT2D eigenvalue weighted by molar-refractivity contribution is 5.80. The fourth-order valence-corrected chi connectivity index (χ4v) is 1.36. The van der Waals surface area contributed by atoms with Crippen LogP contribution in [0.1, 0.15) is 25.5 Å². The van der Waals surface area contributed by atoms with Crippen LogP contribution in [0, 0.1) is 0 Å². The summed E-state index contributed by atoms with van der Waals surface area (Å²) in [4.78, 5) is 15.5. The number of hydrogen-bond donors (Lipinski definition) is 1. The lowest BCUT2D eigenvalue weighted by Crippen LogP contribution is -2.37. The molecule has 19 heavy (non-hydrogen) atoms. The number of alkyl halides is 3. The molecule has 0 aliphatic rings. The fourth-order valence-electron chi connectivity index (χ4n) is 1.36. The molecule has 0 radical (unpaired) electrons. The number of hydrogen-bond acceptors (Lipinski definition) is 3. The second kappa shape index (κ2) is 6.51. The summed E-state index contributed by atoms with van der Waals surface area (Å²) in [6, 6.07) is 3.10. The first-order chi connectivity index (χ1) is 8.79. The number of carbonyl (C=O) groups excluding carboxylic acids is 1. The molecule has 0 unspecified atom stereocenters. The third kappa shape index (κ3) is 5.69. The second-order valence-corrected chi connectivity index (χ2v) is 4.08. The van der Waals surface area contributed by atoms with E-state index in [1.165, 1.54) is 6.92 Å². The SMILES string of the molecule is C[C@H](OCC(F)(F)F)C(=O)N[C@@H](C)c1ccncc1. The monoisotopic (exact) mass is 276 g/mol. The lowest BCUT2D eigenvalue weighted by molar-refractivity contribution is -0.185. The van der Waals surface area contributed by atoms with Crippen molar-refractivity contribution < 1.29 is 22.7 Å². The van der Waals surface area contributed by atoms with Crippen LogP contribution in [0.4, 0.5) is 13.2 Å². The molecule has 1 heterocycles. The molecule has 0 aliphatic carbocycles. The fraction of sp³-hybridized carbons (Fsp3) is 0.500. The molecule has 1 aromatic rings. The molecule has 0 aliphatic heterocycles. The molecule has 1 N–H and O–H groups in total. The maximum atomic E-state index is 11.9. The van der Waals surface area contributed by atoms with Gasteiger partial charge in [0.25, 0.3) is 0 Å². The van der Waals surface area contributed by atoms with Gasteiger partial charge in [0.1, 0.15) is 12.7 Å². The highest BCUT2D eigenvalue weighted by atomic mass is 19.4. The highest BCUT2D eigenvalue weighted by Crippen LogP contribution is 2.16. The van der Waals surface area contributed by atoms with Crippen LogP contribution >= 0.6 is 0 Å². The summed E-state index contributed by atoms with van der Waals surface area (Å²) in [5.41, 5.74) is 0.811. The average molecular weight is 276 g/mol. The Morgan fingerprint density at radius 3 is 2.47 bits per heavy atom. The van der Waals surface area contributed by atoms with E-state index < -0.39 is 24.8 Å². The number of nitrogens with zero attached hydrogens (tertiary/aromatic N) is 1. The Balaban J connectivity index is 2.46. The predicted octanol–water partition coefficient (Wildman–Crippen LogP) is 2.23. The molecule has 0 spiro atoms. The molecule has 0 bridgehead atoms. The van der Waals surface area contributed by atoms with Gasteiger partial charge in [-0.25, -0.2) is 0 Å². The van der Waals surface area contributed by atoms with Gasteiger partial charge in [-0.1, -0.05) is 0 Å². The van der Waals surface area contributed by atoms with Gasteiger partial charge in [0.15, 0.2) is 0 Å². The van der Waals surface area contributed by atoms with E-state index >= 15 is 0 Å². The van der Waals surface area contributed by atoms with Gasteiger partial charge in [0, 0.05) is 12.4 Å². The Labute approximate surface area is 109 Å². The van der Waals surface area contributed by atoms with Crippen LogP contribution in [0.25, 0.3) is 0 Å². The van der Waals surface area contributed by atoms with E-state index in [9.17, 15) is 18.0 Å². The summed E-state index contributed by atoms with van der Waals surface area (Å²) in [5, 5.41) is 2.57. The van der Waals surface area contributed by atoms with Crippen LogP contribution < -0.4 is 5.32 Å². The molecule has 106 valence electrons. The normalized spacial score (nSPS) is 14.8. The number of halogens is 3. The standard InChI is InChI=1S/C12H15F3N2O2/c1-8(10-3-5-16-6-4-10)17-11(18)9(2)19-7-12(13,14)15/h3-6,8-9H,7H2,1-2H3,(H,17,18)/t8-,9-/m0/s1. The number of carbonyl (C=O) groups is 1. The molecule has 1 amide bonds. The molecule has 0 saturated carbocycles. The minimum Gasteiger partial charge on any atom is -0.359 e. The van der Waals surface area contributed by atoms with Crippen LogP contribution in [-0.4, -0.2) is 29.8 Å². The third-order valence-electron chi connectivity index (χ3n) is 2.43. The van der Waals surface area contributed by atoms with Gasteiger partial charge in [-0.15, -0.1) is 0 Å². The van der Waals surface area contributed by atoms with E-state index in [4.69, 9.17) is 0 Å². The van der Waals surface area contributed by atoms with Gasteiger partial charge in [-0.05, 0) is 31.5 Å². The minimum atomic E-state index is -4.44. The van der Waals surface area contributed by atoms with Crippen LogP contribution in [0.2, 0.25) is 0 Å². The van der Waals surface area contributed by atoms with E-state index in [2.05, 4.69) is 15.0 Å². The molecule has 0 fully saturated rings. The summed E-state index contributed by atoms with van der Waals surface area (Å²) in [7, 11) is 0. The summed E-state index contributed by atoms with van der Waals surface area (Å²) >= 11 is 0. The zero-order valence-electron chi connectivity index (χ0n) is 10.6. The minimum absolute atomic E-state index is 0.326. The molecule has 1 rings (SSSR count). The molecule has 0 saturated heterocycles. The van der Waals surface area contributed by atoms with Crippen molar-refractivity contribution in [3.8, 4) is 0 Å². The van der Waals surface area contributed by atoms with E-state index in [0.717, 1.165) is 5.56 Å². The molecule has 7 heteroatoms. The first kappa shape index (κ1) is 15.4. The van der Waals surface area contributed by atoms with E-state index in [-0.39, 0.29) is 6.04 Å². The van der Waals surface area contributed by atoms with Gasteiger partial charge in [-0.2, -0.15) is 13.2 Å². The van der Waals surface area contributed by atoms with Crippen LogP contribution in [0.3, 0.4) is 0 Å². The number of ether oxygens (including phenoxy) is 1. The smallest absolute Gasteiger partial charge is 0.359 e. The zero-order chi connectivity index (χ0) is 14.5. The Morgan fingerprint density at radius 1 is 1.37 bits per heavy atom. The average Bonchev–Trinajstić information content (AvgIpc) is 2.36. The van der Waals surface area contributed by atoms with Gasteiger partial charge >= 0.3 is 6.18 Å². The molecule has 0 aromatic carbocycles. The molecule has 1 aromatic heterocycles. The van der Waals surface area contributed by atoms with Crippen molar-refractivity contribution in [1.29, 1.82) is 0 Å². The Morgan fingerprint density at radius 2 is 1.95 bits per heavy atom. The van der Waals surface area contributed by atoms with Crippen molar-refractivity contribution in [3.05, 3.63) is 30.1 Å². The van der Waals surface area contributed by atoms with Crippen molar-refractivity contribution >= 4 is 5.91 Å². The van der Waals surface area contributed by atoms with Gasteiger partial charge in [-0.3, -0.25) is 9.78 Å². The van der Waals surface area contributed by atoms with E-state index in [1.807, 2.05) is 0 Å². The predicted molar refractivity (Wildman–Crippen MR) is 62.3 cm³/mol. The van der Waals surface area contributed by atoms with Crippen molar-refractivity contribution in [3.63, 3.8) is 0 Å². The van der Waals surface area contributed by atoms with Crippen molar-refractivity contribution in [2.45, 2.75) is 32.2 Å². The lowest BCUT2D eigenvalue weighted by Gasteiger charge is -2.18. The number of pyridine rings is 1. The second-order valence-electron chi connectivity index (χ2n) is 4.08. The quantitative estimate of drug-likeness (QED) is 0.897. The van der Waals surface area contributed by atoms with Crippen LogP contribution in [0.5, 0.6) is 0 Å². The van der Waals surface area contributed by atoms with Crippen molar-refractivity contribution in [1.82, 2.24) is 10.3 Å². The first-order valence-corrected chi connectivity index (χ1v) is 5.68. The van der Waals surface area contributed by atoms with Gasteiger partial charge in [0.05, 0.1) is 6.04 Å². The number of amides is 1.